The van der Waals surface area contributed by atoms with Crippen LogP contribution in [0, 0.1) is 0 Å². The molecule has 0 amide bonds. The van der Waals surface area contributed by atoms with Crippen molar-refractivity contribution in [2.24, 2.45) is 0 Å². The summed E-state index contributed by atoms with van der Waals surface area (Å²) in [6, 6.07) is 2.41. The summed E-state index contributed by atoms with van der Waals surface area (Å²) in [6.07, 6.45) is -0.248. The molecule has 0 heterocycles. The minimum Gasteiger partial charge on any atom is -0.505 e. The average molecular weight is 328 g/mol. The molecule has 106 valence electrons. The molecule has 19 heavy (non-hydrogen) atoms. The lowest BCUT2D eigenvalue weighted by molar-refractivity contribution is -0.137. The number of carbonyl (C=O) groups is 1. The third kappa shape index (κ3) is 5.14. The van der Waals surface area contributed by atoms with Crippen molar-refractivity contribution < 1.29 is 23.4 Å². The van der Waals surface area contributed by atoms with Gasteiger partial charge in [0, 0.05) is 6.42 Å². The number of aliphatic carboxylic acids is 1. The van der Waals surface area contributed by atoms with Crippen molar-refractivity contribution in [2.45, 2.75) is 12.8 Å². The molecule has 0 aliphatic rings. The van der Waals surface area contributed by atoms with E-state index in [0.717, 1.165) is 0 Å². The van der Waals surface area contributed by atoms with Crippen molar-refractivity contribution in [1.82, 2.24) is 0 Å². The summed E-state index contributed by atoms with van der Waals surface area (Å²) in [5.41, 5.74) is 0.100. The summed E-state index contributed by atoms with van der Waals surface area (Å²) >= 11 is 11.3. The zero-order chi connectivity index (χ0) is 14.6. The Morgan fingerprint density at radius 1 is 1.26 bits per heavy atom. The van der Waals surface area contributed by atoms with Crippen LogP contribution in [-0.4, -0.2) is 30.4 Å². The first-order chi connectivity index (χ1) is 8.71. The smallest absolute Gasteiger partial charge is 0.303 e. The summed E-state index contributed by atoms with van der Waals surface area (Å²) in [5, 5.41) is 17.6. The number of hydrogen-bond acceptors (Lipinski definition) is 4. The fraction of sp³-hybridized carbons (Fsp3) is 0.300. The van der Waals surface area contributed by atoms with E-state index in [2.05, 4.69) is 4.72 Å². The minimum absolute atomic E-state index is 0.00971. The van der Waals surface area contributed by atoms with E-state index >= 15 is 0 Å². The summed E-state index contributed by atoms with van der Waals surface area (Å²) in [5.74, 6) is -1.74. The number of phenolic OH excluding ortho intramolecular Hbond substituents is 1. The average Bonchev–Trinajstić information content (AvgIpc) is 2.24. The van der Waals surface area contributed by atoms with Gasteiger partial charge in [-0.15, -0.1) is 0 Å². The summed E-state index contributed by atoms with van der Waals surface area (Å²) in [4.78, 5) is 10.3. The van der Waals surface area contributed by atoms with Crippen LogP contribution in [0.1, 0.15) is 12.8 Å². The van der Waals surface area contributed by atoms with Crippen molar-refractivity contribution in [3.05, 3.63) is 22.2 Å². The Labute approximate surface area is 120 Å². The number of hydrogen-bond donors (Lipinski definition) is 3. The molecule has 0 radical (unpaired) electrons. The standard InChI is InChI=1S/C10H11Cl2NO5S/c11-7-4-6(5-8(12)10(7)16)13-19(17,18)3-1-2-9(14)15/h4-5,13,16H,1-3H2,(H,14,15). The maximum Gasteiger partial charge on any atom is 0.303 e. The molecule has 0 bridgehead atoms. The van der Waals surface area contributed by atoms with Gasteiger partial charge in [-0.2, -0.15) is 0 Å². The largest absolute Gasteiger partial charge is 0.505 e. The number of benzene rings is 1. The number of carboxylic acids is 1. The fourth-order valence-electron chi connectivity index (χ4n) is 1.27. The summed E-state index contributed by atoms with van der Waals surface area (Å²) < 4.78 is 25.5. The Hall–Kier alpha value is -1.18. The van der Waals surface area contributed by atoms with Gasteiger partial charge in [0.1, 0.15) is 0 Å². The van der Waals surface area contributed by atoms with Crippen molar-refractivity contribution in [1.29, 1.82) is 0 Å². The van der Waals surface area contributed by atoms with E-state index < -0.39 is 16.0 Å². The lowest BCUT2D eigenvalue weighted by Gasteiger charge is -2.09. The molecule has 6 nitrogen and oxygen atoms in total. The molecule has 0 spiro atoms. The number of carboxylic acid groups (broad SMARTS) is 1. The number of rotatable bonds is 6. The van der Waals surface area contributed by atoms with E-state index in [0.29, 0.717) is 0 Å². The number of phenols is 1. The Morgan fingerprint density at radius 2 is 1.79 bits per heavy atom. The van der Waals surface area contributed by atoms with Crippen molar-refractivity contribution >= 4 is 44.9 Å². The third-order valence-electron chi connectivity index (χ3n) is 2.09. The van der Waals surface area contributed by atoms with Gasteiger partial charge in [0.25, 0.3) is 0 Å². The quantitative estimate of drug-likeness (QED) is 0.695. The first-order valence-electron chi connectivity index (χ1n) is 5.11. The van der Waals surface area contributed by atoms with Gasteiger partial charge in [0.15, 0.2) is 5.75 Å². The molecule has 1 aromatic carbocycles. The molecule has 0 aliphatic carbocycles. The predicted octanol–water partition coefficient (Wildman–Crippen LogP) is 2.31. The van der Waals surface area contributed by atoms with Gasteiger partial charge in [-0.05, 0) is 18.6 Å². The molecule has 3 N–H and O–H groups in total. The summed E-state index contributed by atoms with van der Waals surface area (Å²) in [6.45, 7) is 0. The maximum absolute atomic E-state index is 11.6. The third-order valence-corrected chi connectivity index (χ3v) is 4.04. The van der Waals surface area contributed by atoms with Gasteiger partial charge < -0.3 is 10.2 Å². The van der Waals surface area contributed by atoms with E-state index in [1.165, 1.54) is 12.1 Å². The number of nitrogens with one attached hydrogen (secondary N) is 1. The van der Waals surface area contributed by atoms with Crippen molar-refractivity contribution in [3.8, 4) is 5.75 Å². The van der Waals surface area contributed by atoms with Crippen LogP contribution in [0.4, 0.5) is 5.69 Å². The molecular formula is C10H11Cl2NO5S. The molecule has 0 saturated carbocycles. The normalized spacial score (nSPS) is 11.3. The van der Waals surface area contributed by atoms with Crippen LogP contribution in [0.3, 0.4) is 0 Å². The first-order valence-corrected chi connectivity index (χ1v) is 7.52. The van der Waals surface area contributed by atoms with Crippen molar-refractivity contribution in [3.63, 3.8) is 0 Å². The van der Waals surface area contributed by atoms with Gasteiger partial charge in [0.2, 0.25) is 10.0 Å². The second-order valence-electron chi connectivity index (χ2n) is 3.71. The monoisotopic (exact) mass is 327 g/mol. The molecular weight excluding hydrogens is 317 g/mol. The Morgan fingerprint density at radius 3 is 2.26 bits per heavy atom. The Kier molecular flexibility index (Phi) is 5.28. The van der Waals surface area contributed by atoms with Crippen LogP contribution >= 0.6 is 23.2 Å². The lowest BCUT2D eigenvalue weighted by atomic mass is 10.3. The zero-order valence-electron chi connectivity index (χ0n) is 9.56. The topological polar surface area (TPSA) is 104 Å². The van der Waals surface area contributed by atoms with Crippen LogP contribution < -0.4 is 4.72 Å². The van der Waals surface area contributed by atoms with Gasteiger partial charge in [-0.3, -0.25) is 9.52 Å². The molecule has 9 heteroatoms. The van der Waals surface area contributed by atoms with E-state index in [4.69, 9.17) is 28.3 Å². The number of halogens is 2. The highest BCUT2D eigenvalue weighted by Gasteiger charge is 2.14. The van der Waals surface area contributed by atoms with E-state index in [1.807, 2.05) is 0 Å². The maximum atomic E-state index is 11.6. The summed E-state index contributed by atoms with van der Waals surface area (Å²) in [7, 11) is -3.69. The first kappa shape index (κ1) is 15.9. The second kappa shape index (κ2) is 6.31. The van der Waals surface area contributed by atoms with E-state index in [1.54, 1.807) is 0 Å². The molecule has 0 atom stereocenters. The minimum atomic E-state index is -3.69. The van der Waals surface area contributed by atoms with Crippen LogP contribution in [0.2, 0.25) is 10.0 Å². The van der Waals surface area contributed by atoms with Crippen LogP contribution in [0.15, 0.2) is 12.1 Å². The van der Waals surface area contributed by atoms with Crippen LogP contribution in [-0.2, 0) is 14.8 Å². The zero-order valence-corrected chi connectivity index (χ0v) is 11.9. The van der Waals surface area contributed by atoms with Gasteiger partial charge >= 0.3 is 5.97 Å². The predicted molar refractivity (Wildman–Crippen MR) is 72.4 cm³/mol. The fourth-order valence-corrected chi connectivity index (χ4v) is 2.86. The molecule has 0 aliphatic heterocycles. The van der Waals surface area contributed by atoms with Gasteiger partial charge in [0.05, 0.1) is 21.5 Å². The van der Waals surface area contributed by atoms with Gasteiger partial charge in [-0.1, -0.05) is 23.2 Å². The highest BCUT2D eigenvalue weighted by Crippen LogP contribution is 2.34. The highest BCUT2D eigenvalue weighted by molar-refractivity contribution is 7.92. The molecule has 0 fully saturated rings. The highest BCUT2D eigenvalue weighted by atomic mass is 35.5. The number of sulfonamides is 1. The van der Waals surface area contributed by atoms with Crippen LogP contribution in [0.25, 0.3) is 0 Å². The van der Waals surface area contributed by atoms with Crippen molar-refractivity contribution in [2.75, 3.05) is 10.5 Å². The Bertz CT molecular complexity index is 565. The van der Waals surface area contributed by atoms with E-state index in [-0.39, 0.29) is 40.1 Å². The van der Waals surface area contributed by atoms with Crippen LogP contribution in [0.5, 0.6) is 5.75 Å². The molecule has 1 aromatic rings. The second-order valence-corrected chi connectivity index (χ2v) is 6.36. The van der Waals surface area contributed by atoms with E-state index in [9.17, 15) is 18.3 Å². The SMILES string of the molecule is O=C(O)CCCS(=O)(=O)Nc1cc(Cl)c(O)c(Cl)c1. The molecule has 0 aromatic heterocycles. The van der Waals surface area contributed by atoms with Gasteiger partial charge in [-0.25, -0.2) is 8.42 Å². The Balaban J connectivity index is 2.76. The lowest BCUT2D eigenvalue weighted by Crippen LogP contribution is -2.17. The number of aromatic hydroxyl groups is 1. The molecule has 1 rings (SSSR count). The molecule has 0 saturated heterocycles. The number of anilines is 1. The molecule has 0 unspecified atom stereocenters.